The topological polar surface area (TPSA) is 30.5 Å². The zero-order valence-corrected chi connectivity index (χ0v) is 10.5. The molecule has 0 bridgehead atoms. The van der Waals surface area contributed by atoms with Crippen LogP contribution in [0.4, 0.5) is 0 Å². The molecule has 0 radical (unpaired) electrons. The predicted molar refractivity (Wildman–Crippen MR) is 71.5 cm³/mol. The van der Waals surface area contributed by atoms with E-state index in [2.05, 4.69) is 17.3 Å². The maximum Gasteiger partial charge on any atom is 0.148 e. The Morgan fingerprint density at radius 2 is 2.33 bits per heavy atom. The minimum Gasteiger partial charge on any atom is -0.481 e. The molecule has 1 unspecified atom stereocenters. The smallest absolute Gasteiger partial charge is 0.148 e. The van der Waals surface area contributed by atoms with E-state index in [1.165, 1.54) is 6.42 Å². The van der Waals surface area contributed by atoms with Gasteiger partial charge in [0.1, 0.15) is 12.4 Å². The molecule has 1 heterocycles. The summed E-state index contributed by atoms with van der Waals surface area (Å²) in [7, 11) is 0. The first-order chi connectivity index (χ1) is 8.90. The fourth-order valence-electron chi connectivity index (χ4n) is 2.07. The van der Waals surface area contributed by atoms with Crippen molar-refractivity contribution in [3.63, 3.8) is 0 Å². The van der Waals surface area contributed by atoms with E-state index in [1.54, 1.807) is 0 Å². The van der Waals surface area contributed by atoms with Crippen molar-refractivity contribution in [2.45, 2.75) is 25.4 Å². The third-order valence-electron chi connectivity index (χ3n) is 3.03. The molecule has 1 atom stereocenters. The summed E-state index contributed by atoms with van der Waals surface area (Å²) in [4.78, 5) is 0. The molecule has 0 aromatic heterocycles. The van der Waals surface area contributed by atoms with Gasteiger partial charge in [-0.3, -0.25) is 0 Å². The lowest BCUT2D eigenvalue weighted by atomic mass is 10.1. The molecule has 0 spiro atoms. The molecule has 1 fully saturated rings. The average Bonchev–Trinajstić information content (AvgIpc) is 2.45. The van der Waals surface area contributed by atoms with Crippen LogP contribution in [-0.4, -0.2) is 25.9 Å². The molecule has 1 aliphatic heterocycles. The van der Waals surface area contributed by atoms with Crippen LogP contribution in [0.5, 0.6) is 5.75 Å². The number of benzene rings is 1. The summed E-state index contributed by atoms with van der Waals surface area (Å²) in [6.07, 6.45) is 7.52. The Hall–Kier alpha value is -1.50. The van der Waals surface area contributed by atoms with Crippen molar-refractivity contribution in [3.05, 3.63) is 29.8 Å². The summed E-state index contributed by atoms with van der Waals surface area (Å²) in [5, 5.41) is 3.50. The van der Waals surface area contributed by atoms with Gasteiger partial charge in [-0.15, -0.1) is 6.42 Å². The summed E-state index contributed by atoms with van der Waals surface area (Å²) in [6.45, 7) is 2.78. The van der Waals surface area contributed by atoms with Crippen LogP contribution in [0.1, 0.15) is 18.4 Å². The number of rotatable bonds is 5. The molecule has 0 aliphatic carbocycles. The summed E-state index contributed by atoms with van der Waals surface area (Å²) in [6, 6.07) is 8.42. The Kier molecular flexibility index (Phi) is 5.07. The lowest BCUT2D eigenvalue weighted by Gasteiger charge is -2.23. The van der Waals surface area contributed by atoms with Gasteiger partial charge >= 0.3 is 0 Å². The highest BCUT2D eigenvalue weighted by Gasteiger charge is 2.13. The standard InChI is InChI=1S/C15H19NO2/c1-2-9-18-15-8-4-3-6-13(15)11-16-14-7-5-10-17-12-14/h1,3-4,6,8,14,16H,5,7,9-12H2. The SMILES string of the molecule is C#CCOc1ccccc1CNC1CCCOC1. The van der Waals surface area contributed by atoms with Crippen molar-refractivity contribution in [2.75, 3.05) is 19.8 Å². The minimum absolute atomic E-state index is 0.309. The summed E-state index contributed by atoms with van der Waals surface area (Å²) >= 11 is 0. The fraction of sp³-hybridized carbons (Fsp3) is 0.467. The first-order valence-corrected chi connectivity index (χ1v) is 6.35. The van der Waals surface area contributed by atoms with Crippen molar-refractivity contribution in [1.29, 1.82) is 0 Å². The molecule has 1 aromatic carbocycles. The lowest BCUT2D eigenvalue weighted by Crippen LogP contribution is -2.36. The van der Waals surface area contributed by atoms with Gasteiger partial charge in [-0.1, -0.05) is 24.1 Å². The Labute approximate surface area is 108 Å². The van der Waals surface area contributed by atoms with Crippen LogP contribution < -0.4 is 10.1 Å². The van der Waals surface area contributed by atoms with Gasteiger partial charge in [-0.2, -0.15) is 0 Å². The first-order valence-electron chi connectivity index (χ1n) is 6.35. The highest BCUT2D eigenvalue weighted by Crippen LogP contribution is 2.18. The quantitative estimate of drug-likeness (QED) is 0.804. The van der Waals surface area contributed by atoms with E-state index in [1.807, 2.05) is 18.2 Å². The third kappa shape index (κ3) is 3.76. The second-order valence-corrected chi connectivity index (χ2v) is 4.40. The van der Waals surface area contributed by atoms with Gasteiger partial charge in [-0.05, 0) is 18.9 Å². The predicted octanol–water partition coefficient (Wildman–Crippen LogP) is 1.97. The summed E-state index contributed by atoms with van der Waals surface area (Å²) < 4.78 is 11.0. The largest absolute Gasteiger partial charge is 0.481 e. The zero-order valence-electron chi connectivity index (χ0n) is 10.5. The minimum atomic E-state index is 0.309. The van der Waals surface area contributed by atoms with E-state index in [0.29, 0.717) is 12.6 Å². The van der Waals surface area contributed by atoms with Gasteiger partial charge in [0.05, 0.1) is 6.61 Å². The molecule has 18 heavy (non-hydrogen) atoms. The van der Waals surface area contributed by atoms with Crippen LogP contribution in [0.2, 0.25) is 0 Å². The van der Waals surface area contributed by atoms with Gasteiger partial charge < -0.3 is 14.8 Å². The first kappa shape index (κ1) is 12.9. The van der Waals surface area contributed by atoms with E-state index < -0.39 is 0 Å². The van der Waals surface area contributed by atoms with Gasteiger partial charge in [0.25, 0.3) is 0 Å². The Morgan fingerprint density at radius 1 is 1.44 bits per heavy atom. The van der Waals surface area contributed by atoms with E-state index in [9.17, 15) is 0 Å². The van der Waals surface area contributed by atoms with Crippen LogP contribution in [0.15, 0.2) is 24.3 Å². The number of terminal acetylenes is 1. The Bertz CT molecular complexity index is 405. The molecule has 1 aromatic rings. The molecule has 2 rings (SSSR count). The van der Waals surface area contributed by atoms with Crippen molar-refractivity contribution in [2.24, 2.45) is 0 Å². The number of hydrogen-bond acceptors (Lipinski definition) is 3. The number of nitrogens with one attached hydrogen (secondary N) is 1. The van der Waals surface area contributed by atoms with Crippen LogP contribution in [0.25, 0.3) is 0 Å². The molecule has 0 saturated carbocycles. The molecular formula is C15H19NO2. The Morgan fingerprint density at radius 3 is 3.11 bits per heavy atom. The molecule has 1 saturated heterocycles. The second-order valence-electron chi connectivity index (χ2n) is 4.40. The fourth-order valence-corrected chi connectivity index (χ4v) is 2.07. The molecule has 0 amide bonds. The average molecular weight is 245 g/mol. The van der Waals surface area contributed by atoms with E-state index in [4.69, 9.17) is 15.9 Å². The maximum absolute atomic E-state index is 5.52. The highest BCUT2D eigenvalue weighted by molar-refractivity contribution is 5.33. The molecule has 96 valence electrons. The summed E-state index contributed by atoms with van der Waals surface area (Å²) in [5.74, 6) is 3.35. The van der Waals surface area contributed by atoms with Gasteiger partial charge in [0.15, 0.2) is 0 Å². The van der Waals surface area contributed by atoms with Crippen LogP contribution in [-0.2, 0) is 11.3 Å². The lowest BCUT2D eigenvalue weighted by molar-refractivity contribution is 0.0698. The number of para-hydroxylation sites is 1. The van der Waals surface area contributed by atoms with Crippen LogP contribution in [0.3, 0.4) is 0 Å². The number of ether oxygens (including phenoxy) is 2. The highest BCUT2D eigenvalue weighted by atomic mass is 16.5. The molecule has 3 heteroatoms. The Balaban J connectivity index is 1.89. The van der Waals surface area contributed by atoms with Gasteiger partial charge in [-0.25, -0.2) is 0 Å². The van der Waals surface area contributed by atoms with Crippen molar-refractivity contribution < 1.29 is 9.47 Å². The second kappa shape index (κ2) is 7.05. The maximum atomic E-state index is 5.52. The van der Waals surface area contributed by atoms with Crippen molar-refractivity contribution in [1.82, 2.24) is 5.32 Å². The monoisotopic (exact) mass is 245 g/mol. The molecule has 3 nitrogen and oxygen atoms in total. The molecular weight excluding hydrogens is 226 g/mol. The zero-order chi connectivity index (χ0) is 12.6. The normalized spacial score (nSPS) is 19.2. The third-order valence-corrected chi connectivity index (χ3v) is 3.03. The van der Waals surface area contributed by atoms with E-state index >= 15 is 0 Å². The van der Waals surface area contributed by atoms with Gasteiger partial charge in [0.2, 0.25) is 0 Å². The van der Waals surface area contributed by atoms with Gasteiger partial charge in [0, 0.05) is 24.8 Å². The van der Waals surface area contributed by atoms with E-state index in [-0.39, 0.29) is 0 Å². The molecule has 1 N–H and O–H groups in total. The van der Waals surface area contributed by atoms with Crippen molar-refractivity contribution in [3.8, 4) is 18.1 Å². The number of hydrogen-bond donors (Lipinski definition) is 1. The van der Waals surface area contributed by atoms with E-state index in [0.717, 1.165) is 37.5 Å². The molecule has 1 aliphatic rings. The van der Waals surface area contributed by atoms with Crippen LogP contribution in [0, 0.1) is 12.3 Å². The van der Waals surface area contributed by atoms with Crippen LogP contribution >= 0.6 is 0 Å². The van der Waals surface area contributed by atoms with Crippen molar-refractivity contribution >= 4 is 0 Å². The summed E-state index contributed by atoms with van der Waals surface area (Å²) in [5.41, 5.74) is 1.14.